The van der Waals surface area contributed by atoms with Gasteiger partial charge in [0.15, 0.2) is 0 Å². The highest BCUT2D eigenvalue weighted by Gasteiger charge is 2.33. The van der Waals surface area contributed by atoms with Gasteiger partial charge < -0.3 is 14.5 Å². The molecule has 0 amide bonds. The average Bonchev–Trinajstić information content (AvgIpc) is 3.25. The number of H-pyrrole nitrogens is 1. The van der Waals surface area contributed by atoms with Gasteiger partial charge in [-0.25, -0.2) is 4.98 Å². The second kappa shape index (κ2) is 8.57. The van der Waals surface area contributed by atoms with Crippen molar-refractivity contribution in [1.29, 1.82) is 0 Å². The van der Waals surface area contributed by atoms with Gasteiger partial charge in [0.25, 0.3) is 0 Å². The van der Waals surface area contributed by atoms with Crippen molar-refractivity contribution in [2.45, 2.75) is 71.3 Å². The topological polar surface area (TPSA) is 47.1 Å². The predicted octanol–water partition coefficient (Wildman–Crippen LogP) is 5.18. The summed E-state index contributed by atoms with van der Waals surface area (Å²) in [6, 6.07) is 2.28. The van der Waals surface area contributed by atoms with Crippen molar-refractivity contribution < 1.29 is 9.47 Å². The summed E-state index contributed by atoms with van der Waals surface area (Å²) < 4.78 is 12.3. The van der Waals surface area contributed by atoms with E-state index in [0.717, 1.165) is 49.1 Å². The lowest BCUT2D eigenvalue weighted by Crippen LogP contribution is -2.26. The molecular formula is C24H32N2O2. The molecule has 0 aromatic carbocycles. The summed E-state index contributed by atoms with van der Waals surface area (Å²) in [4.78, 5) is 7.93. The van der Waals surface area contributed by atoms with E-state index in [1.807, 2.05) is 6.92 Å². The molecule has 1 N–H and O–H groups in total. The summed E-state index contributed by atoms with van der Waals surface area (Å²) in [5.74, 6) is 8.71. The molecule has 3 aliphatic carbocycles. The largest absolute Gasteiger partial charge is 0.474 e. The van der Waals surface area contributed by atoms with Gasteiger partial charge in [-0.15, -0.1) is 5.92 Å². The minimum absolute atomic E-state index is 0.287. The maximum absolute atomic E-state index is 6.48. The maximum Gasteiger partial charge on any atom is 0.224 e. The van der Waals surface area contributed by atoms with E-state index in [-0.39, 0.29) is 6.10 Å². The Labute approximate surface area is 168 Å². The molecule has 28 heavy (non-hydrogen) atoms. The quantitative estimate of drug-likeness (QED) is 0.555. The van der Waals surface area contributed by atoms with E-state index >= 15 is 0 Å². The third kappa shape index (κ3) is 3.91. The van der Waals surface area contributed by atoms with Gasteiger partial charge in [-0.2, -0.15) is 0 Å². The Kier molecular flexibility index (Phi) is 5.92. The number of nitrogens with one attached hydrogen (secondary N) is 1. The zero-order valence-corrected chi connectivity index (χ0v) is 17.4. The van der Waals surface area contributed by atoms with Gasteiger partial charge >= 0.3 is 0 Å². The Bertz CT molecular complexity index is 821. The maximum atomic E-state index is 6.48. The highest BCUT2D eigenvalue weighted by molar-refractivity contribution is 5.76. The van der Waals surface area contributed by atoms with Crippen LogP contribution < -0.4 is 4.74 Å². The molecule has 0 saturated heterocycles. The average molecular weight is 381 g/mol. The van der Waals surface area contributed by atoms with Crippen molar-refractivity contribution in [2.24, 2.45) is 11.8 Å². The van der Waals surface area contributed by atoms with Crippen LogP contribution in [0.3, 0.4) is 0 Å². The summed E-state index contributed by atoms with van der Waals surface area (Å²) in [5.41, 5.74) is 5.12. The molecule has 4 aliphatic rings. The normalized spacial score (nSPS) is 24.2. The van der Waals surface area contributed by atoms with Gasteiger partial charge in [-0.3, -0.25) is 0 Å². The van der Waals surface area contributed by atoms with Crippen LogP contribution in [0.5, 0.6) is 5.88 Å². The standard InChI is InChI=1S/C24H32N2O2/c1-4-5-12-27-14-19-7-6-18-13-21-23(22(18)19)24(26-15-25-21)28-20-10-8-17(9-11-20)16(2)3/h13,15-17,19-20H,6-12,14H2,1-3H3,(H,25,26)/t17?,19-,20?/m1/s1. The summed E-state index contributed by atoms with van der Waals surface area (Å²) in [6.07, 6.45) is 9.09. The summed E-state index contributed by atoms with van der Waals surface area (Å²) >= 11 is 0. The highest BCUT2D eigenvalue weighted by atomic mass is 16.5. The molecule has 4 heteroatoms. The van der Waals surface area contributed by atoms with Crippen LogP contribution in [0.25, 0.3) is 11.3 Å². The zero-order chi connectivity index (χ0) is 19.5. The van der Waals surface area contributed by atoms with Crippen LogP contribution in [0.4, 0.5) is 0 Å². The molecule has 1 atom stereocenters. The van der Waals surface area contributed by atoms with E-state index in [9.17, 15) is 0 Å². The molecule has 4 nitrogen and oxygen atoms in total. The lowest BCUT2D eigenvalue weighted by molar-refractivity contribution is 0.112. The second-order valence-electron chi connectivity index (χ2n) is 8.66. The van der Waals surface area contributed by atoms with Crippen LogP contribution in [0.15, 0.2) is 12.4 Å². The number of aromatic nitrogens is 2. The Morgan fingerprint density at radius 1 is 1.21 bits per heavy atom. The number of nitrogens with zero attached hydrogens (tertiary/aromatic N) is 1. The number of hydrogen-bond acceptors (Lipinski definition) is 3. The molecule has 1 heterocycles. The van der Waals surface area contributed by atoms with Crippen LogP contribution in [-0.2, 0) is 11.2 Å². The Balaban J connectivity index is 1.51. The first-order valence-electron chi connectivity index (χ1n) is 10.8. The zero-order valence-electron chi connectivity index (χ0n) is 17.4. The van der Waals surface area contributed by atoms with Crippen LogP contribution >= 0.6 is 0 Å². The molecule has 0 spiro atoms. The van der Waals surface area contributed by atoms with Gasteiger partial charge in [-0.1, -0.05) is 19.8 Å². The molecule has 1 fully saturated rings. The Hall–Kier alpha value is -1.99. The summed E-state index contributed by atoms with van der Waals surface area (Å²) in [7, 11) is 0. The number of aryl methyl sites for hydroxylation is 1. The molecule has 0 aromatic rings. The van der Waals surface area contributed by atoms with Gasteiger partial charge in [0, 0.05) is 5.92 Å². The van der Waals surface area contributed by atoms with E-state index in [2.05, 4.69) is 41.7 Å². The number of aromatic amines is 1. The van der Waals surface area contributed by atoms with Crippen molar-refractivity contribution in [2.75, 3.05) is 13.2 Å². The van der Waals surface area contributed by atoms with E-state index in [1.54, 1.807) is 6.33 Å². The number of fused-ring (bicyclic) bond motifs is 3. The molecule has 1 saturated carbocycles. The predicted molar refractivity (Wildman–Crippen MR) is 112 cm³/mol. The first-order valence-corrected chi connectivity index (χ1v) is 10.8. The minimum Gasteiger partial charge on any atom is -0.474 e. The Morgan fingerprint density at radius 3 is 2.79 bits per heavy atom. The third-order valence-electron chi connectivity index (χ3n) is 6.60. The molecule has 0 bridgehead atoms. The van der Waals surface area contributed by atoms with Crippen LogP contribution in [0.1, 0.15) is 69.9 Å². The first kappa shape index (κ1) is 19.3. The van der Waals surface area contributed by atoms with Crippen molar-refractivity contribution in [1.82, 2.24) is 9.97 Å². The van der Waals surface area contributed by atoms with Crippen molar-refractivity contribution in [3.8, 4) is 29.0 Å². The van der Waals surface area contributed by atoms with Gasteiger partial charge in [0.2, 0.25) is 5.88 Å². The van der Waals surface area contributed by atoms with Crippen LogP contribution in [0, 0.1) is 23.7 Å². The van der Waals surface area contributed by atoms with Crippen molar-refractivity contribution >= 4 is 0 Å². The van der Waals surface area contributed by atoms with Crippen molar-refractivity contribution in [3.05, 3.63) is 23.5 Å². The smallest absolute Gasteiger partial charge is 0.224 e. The number of hydrogen-bond donors (Lipinski definition) is 1. The molecule has 150 valence electrons. The summed E-state index contributed by atoms with van der Waals surface area (Å²) in [5, 5.41) is 0. The SMILES string of the molecule is CC#CCOC[C@H]1CCc2cc3[nH]cnc(OC4CCC(C(C)C)CC4)c-3c21. The molecule has 0 radical (unpaired) electrons. The molecule has 0 unspecified atom stereocenters. The van der Waals surface area contributed by atoms with E-state index in [4.69, 9.17) is 9.47 Å². The van der Waals surface area contributed by atoms with E-state index in [0.29, 0.717) is 19.1 Å². The number of rotatable bonds is 6. The molecule has 0 aromatic heterocycles. The highest BCUT2D eigenvalue weighted by Crippen LogP contribution is 2.47. The van der Waals surface area contributed by atoms with E-state index < -0.39 is 0 Å². The lowest BCUT2D eigenvalue weighted by atomic mass is 9.80. The fourth-order valence-electron chi connectivity index (χ4n) is 4.96. The third-order valence-corrected chi connectivity index (χ3v) is 6.60. The molecular weight excluding hydrogens is 348 g/mol. The monoisotopic (exact) mass is 380 g/mol. The fraction of sp³-hybridized carbons (Fsp3) is 0.625. The van der Waals surface area contributed by atoms with Crippen LogP contribution in [0.2, 0.25) is 0 Å². The number of ether oxygens (including phenoxy) is 2. The second-order valence-corrected chi connectivity index (χ2v) is 8.66. The lowest BCUT2D eigenvalue weighted by Gasteiger charge is -2.31. The minimum atomic E-state index is 0.287. The molecule has 4 rings (SSSR count). The van der Waals surface area contributed by atoms with Crippen LogP contribution in [-0.4, -0.2) is 29.3 Å². The van der Waals surface area contributed by atoms with Gasteiger partial charge in [-0.05, 0) is 74.5 Å². The summed E-state index contributed by atoms with van der Waals surface area (Å²) in [6.45, 7) is 7.75. The first-order chi connectivity index (χ1) is 13.7. The molecule has 1 aliphatic heterocycles. The van der Waals surface area contributed by atoms with E-state index in [1.165, 1.54) is 29.5 Å². The van der Waals surface area contributed by atoms with Gasteiger partial charge in [0.1, 0.15) is 12.7 Å². The van der Waals surface area contributed by atoms with Crippen molar-refractivity contribution in [3.63, 3.8) is 0 Å². The van der Waals surface area contributed by atoms with Gasteiger partial charge in [0.05, 0.1) is 24.2 Å². The Morgan fingerprint density at radius 2 is 2.04 bits per heavy atom. The fourth-order valence-corrected chi connectivity index (χ4v) is 4.96.